The Morgan fingerprint density at radius 2 is 1.69 bits per heavy atom. The lowest BCUT2D eigenvalue weighted by molar-refractivity contribution is 0.238. The highest BCUT2D eigenvalue weighted by molar-refractivity contribution is 6.34. The third-order valence-corrected chi connectivity index (χ3v) is 3.15. The highest BCUT2D eigenvalue weighted by Crippen LogP contribution is 2.24. The average molecular weight is 260 g/mol. The standard InChI is InChI=1S/C12H15Cl2NO/c13-10-7-11(14)9-12(8-10)16-6-5-15-3-1-2-4-15/h7-9H,1-6H2. The summed E-state index contributed by atoms with van der Waals surface area (Å²) in [5.74, 6) is 0.747. The monoisotopic (exact) mass is 259 g/mol. The molecule has 1 fully saturated rings. The molecule has 1 aliphatic heterocycles. The number of hydrogen-bond acceptors (Lipinski definition) is 2. The van der Waals surface area contributed by atoms with Gasteiger partial charge in [-0.3, -0.25) is 4.90 Å². The smallest absolute Gasteiger partial charge is 0.122 e. The Morgan fingerprint density at radius 1 is 1.06 bits per heavy atom. The fourth-order valence-corrected chi connectivity index (χ4v) is 2.42. The lowest BCUT2D eigenvalue weighted by Crippen LogP contribution is -2.25. The van der Waals surface area contributed by atoms with E-state index in [0.29, 0.717) is 16.7 Å². The van der Waals surface area contributed by atoms with Crippen molar-refractivity contribution in [1.29, 1.82) is 0 Å². The second-order valence-electron chi connectivity index (χ2n) is 4.00. The molecular weight excluding hydrogens is 245 g/mol. The molecule has 0 atom stereocenters. The molecule has 0 bridgehead atoms. The molecule has 0 radical (unpaired) electrons. The van der Waals surface area contributed by atoms with Crippen molar-refractivity contribution in [2.45, 2.75) is 12.8 Å². The summed E-state index contributed by atoms with van der Waals surface area (Å²) in [6.07, 6.45) is 2.62. The molecule has 0 N–H and O–H groups in total. The van der Waals surface area contributed by atoms with Crippen LogP contribution in [0.4, 0.5) is 0 Å². The zero-order chi connectivity index (χ0) is 11.4. The molecular formula is C12H15Cl2NO. The van der Waals surface area contributed by atoms with Crippen LogP contribution in [-0.2, 0) is 0 Å². The van der Waals surface area contributed by atoms with Gasteiger partial charge in [-0.25, -0.2) is 0 Å². The van der Waals surface area contributed by atoms with Gasteiger partial charge in [-0.1, -0.05) is 23.2 Å². The summed E-state index contributed by atoms with van der Waals surface area (Å²) in [7, 11) is 0. The maximum absolute atomic E-state index is 5.88. The summed E-state index contributed by atoms with van der Waals surface area (Å²) in [6, 6.07) is 5.28. The van der Waals surface area contributed by atoms with Crippen LogP contribution in [0.15, 0.2) is 18.2 Å². The van der Waals surface area contributed by atoms with Crippen molar-refractivity contribution in [3.8, 4) is 5.75 Å². The molecule has 1 aromatic rings. The molecule has 0 aromatic heterocycles. The summed E-state index contributed by atoms with van der Waals surface area (Å²) >= 11 is 11.8. The third-order valence-electron chi connectivity index (χ3n) is 2.71. The number of hydrogen-bond donors (Lipinski definition) is 0. The van der Waals surface area contributed by atoms with E-state index in [-0.39, 0.29) is 0 Å². The summed E-state index contributed by atoms with van der Waals surface area (Å²) < 4.78 is 5.62. The number of halogens is 2. The van der Waals surface area contributed by atoms with Gasteiger partial charge >= 0.3 is 0 Å². The van der Waals surface area contributed by atoms with Crippen molar-refractivity contribution in [3.63, 3.8) is 0 Å². The molecule has 2 nitrogen and oxygen atoms in total. The Bertz CT molecular complexity index is 331. The molecule has 0 unspecified atom stereocenters. The van der Waals surface area contributed by atoms with Gasteiger partial charge < -0.3 is 4.74 Å². The van der Waals surface area contributed by atoms with Crippen molar-refractivity contribution < 1.29 is 4.74 Å². The number of benzene rings is 1. The topological polar surface area (TPSA) is 12.5 Å². The van der Waals surface area contributed by atoms with Crippen molar-refractivity contribution in [3.05, 3.63) is 28.2 Å². The summed E-state index contributed by atoms with van der Waals surface area (Å²) in [4.78, 5) is 2.41. The van der Waals surface area contributed by atoms with Gasteiger partial charge in [-0.2, -0.15) is 0 Å². The Morgan fingerprint density at radius 3 is 2.31 bits per heavy atom. The fourth-order valence-electron chi connectivity index (χ4n) is 1.91. The Hall–Kier alpha value is -0.440. The third kappa shape index (κ3) is 3.55. The maximum Gasteiger partial charge on any atom is 0.122 e. The van der Waals surface area contributed by atoms with Crippen molar-refractivity contribution >= 4 is 23.2 Å². The van der Waals surface area contributed by atoms with E-state index in [9.17, 15) is 0 Å². The first-order valence-electron chi connectivity index (χ1n) is 5.55. The van der Waals surface area contributed by atoms with E-state index in [2.05, 4.69) is 4.90 Å². The van der Waals surface area contributed by atoms with Crippen LogP contribution in [-0.4, -0.2) is 31.1 Å². The highest BCUT2D eigenvalue weighted by atomic mass is 35.5. The fraction of sp³-hybridized carbons (Fsp3) is 0.500. The van der Waals surface area contributed by atoms with E-state index in [4.69, 9.17) is 27.9 Å². The van der Waals surface area contributed by atoms with Crippen LogP contribution in [0.1, 0.15) is 12.8 Å². The molecule has 0 spiro atoms. The summed E-state index contributed by atoms with van der Waals surface area (Å²) in [5, 5.41) is 1.23. The van der Waals surface area contributed by atoms with Gasteiger partial charge in [0.25, 0.3) is 0 Å². The predicted molar refractivity (Wildman–Crippen MR) is 67.6 cm³/mol. The molecule has 0 saturated carbocycles. The van der Waals surface area contributed by atoms with Crippen LogP contribution in [0.3, 0.4) is 0 Å². The molecule has 1 heterocycles. The average Bonchev–Trinajstić information content (AvgIpc) is 2.69. The SMILES string of the molecule is Clc1cc(Cl)cc(OCCN2CCCC2)c1. The molecule has 2 rings (SSSR count). The number of nitrogens with zero attached hydrogens (tertiary/aromatic N) is 1. The van der Waals surface area contributed by atoms with E-state index in [1.54, 1.807) is 18.2 Å². The Kier molecular flexibility index (Phi) is 4.33. The molecule has 16 heavy (non-hydrogen) atoms. The Labute approximate surface area is 106 Å². The number of rotatable bonds is 4. The van der Waals surface area contributed by atoms with Crippen molar-refractivity contribution in [2.24, 2.45) is 0 Å². The first-order valence-corrected chi connectivity index (χ1v) is 6.31. The zero-order valence-electron chi connectivity index (χ0n) is 9.09. The van der Waals surface area contributed by atoms with Crippen LogP contribution in [0.2, 0.25) is 10.0 Å². The first kappa shape index (κ1) is 12.0. The first-order chi connectivity index (χ1) is 7.74. The minimum absolute atomic E-state index is 0.615. The summed E-state index contributed by atoms with van der Waals surface area (Å²) in [5.41, 5.74) is 0. The van der Waals surface area contributed by atoms with E-state index in [1.165, 1.54) is 25.9 Å². The van der Waals surface area contributed by atoms with Gasteiger partial charge in [0.1, 0.15) is 12.4 Å². The minimum Gasteiger partial charge on any atom is -0.492 e. The largest absolute Gasteiger partial charge is 0.492 e. The number of likely N-dealkylation sites (tertiary alicyclic amines) is 1. The summed E-state index contributed by atoms with van der Waals surface area (Å²) in [6.45, 7) is 4.06. The molecule has 1 aromatic carbocycles. The van der Waals surface area contributed by atoms with Gasteiger partial charge in [0.05, 0.1) is 0 Å². The minimum atomic E-state index is 0.615. The van der Waals surface area contributed by atoms with E-state index in [0.717, 1.165) is 12.3 Å². The molecule has 1 aliphatic rings. The lowest BCUT2D eigenvalue weighted by atomic mass is 10.3. The second-order valence-corrected chi connectivity index (χ2v) is 4.88. The van der Waals surface area contributed by atoms with Gasteiger partial charge in [0, 0.05) is 16.6 Å². The molecule has 0 amide bonds. The van der Waals surface area contributed by atoms with Gasteiger partial charge in [0.15, 0.2) is 0 Å². The van der Waals surface area contributed by atoms with Gasteiger partial charge in [0.2, 0.25) is 0 Å². The van der Waals surface area contributed by atoms with Gasteiger partial charge in [-0.05, 0) is 44.1 Å². The van der Waals surface area contributed by atoms with E-state index in [1.807, 2.05) is 0 Å². The van der Waals surface area contributed by atoms with Crippen LogP contribution < -0.4 is 4.74 Å². The zero-order valence-corrected chi connectivity index (χ0v) is 10.6. The quantitative estimate of drug-likeness (QED) is 0.821. The molecule has 88 valence electrons. The van der Waals surface area contributed by atoms with Gasteiger partial charge in [-0.15, -0.1) is 0 Å². The Balaban J connectivity index is 1.80. The van der Waals surface area contributed by atoms with Crippen LogP contribution in [0.5, 0.6) is 5.75 Å². The predicted octanol–water partition coefficient (Wildman–Crippen LogP) is 3.47. The number of ether oxygens (including phenoxy) is 1. The normalized spacial score (nSPS) is 16.6. The van der Waals surface area contributed by atoms with Crippen LogP contribution >= 0.6 is 23.2 Å². The highest BCUT2D eigenvalue weighted by Gasteiger charge is 2.10. The van der Waals surface area contributed by atoms with Crippen LogP contribution in [0, 0.1) is 0 Å². The maximum atomic E-state index is 5.88. The second kappa shape index (κ2) is 5.76. The van der Waals surface area contributed by atoms with Crippen molar-refractivity contribution in [1.82, 2.24) is 4.90 Å². The van der Waals surface area contributed by atoms with E-state index < -0.39 is 0 Å². The molecule has 1 saturated heterocycles. The molecule has 0 aliphatic carbocycles. The van der Waals surface area contributed by atoms with E-state index >= 15 is 0 Å². The van der Waals surface area contributed by atoms with Crippen LogP contribution in [0.25, 0.3) is 0 Å². The lowest BCUT2D eigenvalue weighted by Gasteiger charge is -2.15. The van der Waals surface area contributed by atoms with Crippen molar-refractivity contribution in [2.75, 3.05) is 26.2 Å². The molecule has 4 heteroatoms.